The normalized spacial score (nSPS) is 14.5. The molecule has 6 rings (SSSR count). The van der Waals surface area contributed by atoms with Gasteiger partial charge in [0.15, 0.2) is 6.61 Å². The van der Waals surface area contributed by atoms with Crippen LogP contribution < -0.4 is 9.47 Å². The summed E-state index contributed by atoms with van der Waals surface area (Å²) in [6.07, 6.45) is -2.97. The quantitative estimate of drug-likeness (QED) is 0.186. The second-order valence-corrected chi connectivity index (χ2v) is 12.9. The average molecular weight is 693 g/mol. The number of piperazine rings is 1. The van der Waals surface area contributed by atoms with Gasteiger partial charge >= 0.3 is 12.1 Å². The van der Waals surface area contributed by atoms with Crippen LogP contribution in [0, 0.1) is 0 Å². The number of pyridine rings is 1. The first-order chi connectivity index (χ1) is 23.4. The van der Waals surface area contributed by atoms with Crippen LogP contribution in [0.1, 0.15) is 26.4 Å². The second-order valence-electron chi connectivity index (χ2n) is 11.5. The van der Waals surface area contributed by atoms with Crippen LogP contribution in [0.5, 0.6) is 17.4 Å². The lowest BCUT2D eigenvalue weighted by Gasteiger charge is -2.34. The van der Waals surface area contributed by atoms with Gasteiger partial charge in [-0.15, -0.1) is 0 Å². The molecule has 1 saturated heterocycles. The van der Waals surface area contributed by atoms with Crippen molar-refractivity contribution in [3.05, 3.63) is 108 Å². The maximum absolute atomic E-state index is 13.5. The maximum Gasteiger partial charge on any atom is 0.422 e. The molecule has 5 aromatic rings. The number of aromatic carboxylic acids is 1. The minimum atomic E-state index is -4.39. The summed E-state index contributed by atoms with van der Waals surface area (Å²) >= 11 is 0. The van der Waals surface area contributed by atoms with Crippen molar-refractivity contribution in [3.8, 4) is 17.4 Å². The molecule has 14 heteroatoms. The highest BCUT2D eigenvalue weighted by atomic mass is 32.2. The van der Waals surface area contributed by atoms with Crippen LogP contribution in [0.25, 0.3) is 10.9 Å². The van der Waals surface area contributed by atoms with Crippen molar-refractivity contribution in [2.45, 2.75) is 22.5 Å². The number of nitrogens with zero attached hydrogens (tertiary/aromatic N) is 4. The molecular formula is C35H31F3N4O6S. The molecule has 0 saturated carbocycles. The number of hydrogen-bond acceptors (Lipinski definition) is 7. The van der Waals surface area contributed by atoms with Crippen molar-refractivity contribution >= 4 is 33.6 Å². The van der Waals surface area contributed by atoms with E-state index in [0.29, 0.717) is 54.0 Å². The van der Waals surface area contributed by atoms with Crippen molar-refractivity contribution in [2.24, 2.45) is 7.05 Å². The molecule has 0 radical (unpaired) electrons. The Labute approximate surface area is 281 Å². The van der Waals surface area contributed by atoms with E-state index < -0.39 is 29.6 Å². The van der Waals surface area contributed by atoms with Gasteiger partial charge in [0.05, 0.1) is 26.8 Å². The summed E-state index contributed by atoms with van der Waals surface area (Å²) in [6.45, 7) is 1.62. The Morgan fingerprint density at radius 1 is 0.898 bits per heavy atom. The van der Waals surface area contributed by atoms with E-state index in [1.54, 1.807) is 36.4 Å². The number of ether oxygens (including phenoxy) is 2. The van der Waals surface area contributed by atoms with Crippen molar-refractivity contribution in [2.75, 3.05) is 32.8 Å². The third-order valence-electron chi connectivity index (χ3n) is 8.07. The van der Waals surface area contributed by atoms with Crippen LogP contribution >= 0.6 is 0 Å². The molecule has 1 N–H and O–H groups in total. The summed E-state index contributed by atoms with van der Waals surface area (Å²) in [5, 5.41) is 10.1. The summed E-state index contributed by atoms with van der Waals surface area (Å²) in [6, 6.07) is 23.0. The van der Waals surface area contributed by atoms with Gasteiger partial charge in [-0.1, -0.05) is 18.2 Å². The third-order valence-corrected chi connectivity index (χ3v) is 9.42. The number of alkyl halides is 3. The van der Waals surface area contributed by atoms with E-state index >= 15 is 0 Å². The molecule has 1 aliphatic rings. The van der Waals surface area contributed by atoms with Crippen LogP contribution in [0.15, 0.2) is 101 Å². The predicted octanol–water partition coefficient (Wildman–Crippen LogP) is 6.13. The van der Waals surface area contributed by atoms with Crippen LogP contribution in [0.3, 0.4) is 0 Å². The molecule has 10 nitrogen and oxygen atoms in total. The average Bonchev–Trinajstić information content (AvgIpc) is 3.43. The van der Waals surface area contributed by atoms with Gasteiger partial charge in [-0.3, -0.25) is 9.69 Å². The Kier molecular flexibility index (Phi) is 9.69. The molecule has 2 aromatic heterocycles. The number of aryl methyl sites for hydroxylation is 1. The Morgan fingerprint density at radius 3 is 2.31 bits per heavy atom. The lowest BCUT2D eigenvalue weighted by atomic mass is 10.2. The zero-order valence-corrected chi connectivity index (χ0v) is 27.0. The van der Waals surface area contributed by atoms with E-state index in [9.17, 15) is 32.1 Å². The number of carboxylic acid groups (broad SMARTS) is 1. The third kappa shape index (κ3) is 8.09. The van der Waals surface area contributed by atoms with E-state index in [1.807, 2.05) is 34.7 Å². The molecule has 1 unspecified atom stereocenters. The van der Waals surface area contributed by atoms with Gasteiger partial charge in [0.2, 0.25) is 5.88 Å². The minimum Gasteiger partial charge on any atom is -0.484 e. The number of benzene rings is 3. The monoisotopic (exact) mass is 692 g/mol. The fourth-order valence-corrected chi connectivity index (χ4v) is 6.55. The Bertz CT molecular complexity index is 2010. The number of rotatable bonds is 10. The molecule has 0 bridgehead atoms. The van der Waals surface area contributed by atoms with Gasteiger partial charge in [-0.25, -0.2) is 14.0 Å². The van der Waals surface area contributed by atoms with Crippen molar-refractivity contribution < 1.29 is 41.5 Å². The zero-order chi connectivity index (χ0) is 34.7. The summed E-state index contributed by atoms with van der Waals surface area (Å²) in [5.74, 6) is -0.265. The molecule has 49 heavy (non-hydrogen) atoms. The van der Waals surface area contributed by atoms with Gasteiger partial charge in [0.25, 0.3) is 5.91 Å². The van der Waals surface area contributed by atoms with E-state index in [0.717, 1.165) is 16.5 Å². The number of carbonyl (C=O) groups is 2. The van der Waals surface area contributed by atoms with Gasteiger partial charge in [0, 0.05) is 68.4 Å². The van der Waals surface area contributed by atoms with Gasteiger partial charge in [0.1, 0.15) is 17.2 Å². The smallest absolute Gasteiger partial charge is 0.422 e. The lowest BCUT2D eigenvalue weighted by Crippen LogP contribution is -2.48. The summed E-state index contributed by atoms with van der Waals surface area (Å²) < 4.78 is 62.7. The van der Waals surface area contributed by atoms with Crippen molar-refractivity contribution in [1.82, 2.24) is 19.4 Å². The number of halogens is 3. The fraction of sp³-hybridized carbons (Fsp3) is 0.229. The van der Waals surface area contributed by atoms with E-state index in [4.69, 9.17) is 9.47 Å². The number of carbonyl (C=O) groups excluding carboxylic acids is 1. The molecule has 1 fully saturated rings. The first-order valence-electron chi connectivity index (χ1n) is 15.2. The molecule has 1 atom stereocenters. The molecule has 1 amide bonds. The largest absolute Gasteiger partial charge is 0.484 e. The molecule has 3 heterocycles. The first-order valence-corrected chi connectivity index (χ1v) is 16.4. The van der Waals surface area contributed by atoms with Gasteiger partial charge in [-0.05, 0) is 60.2 Å². The number of amides is 1. The van der Waals surface area contributed by atoms with Crippen molar-refractivity contribution in [3.63, 3.8) is 0 Å². The Hall–Kier alpha value is -5.21. The van der Waals surface area contributed by atoms with E-state index in [1.165, 1.54) is 36.5 Å². The predicted molar refractivity (Wildman–Crippen MR) is 174 cm³/mol. The summed E-state index contributed by atoms with van der Waals surface area (Å²) in [7, 11) is 0.193. The second kappa shape index (κ2) is 14.1. The molecule has 1 aliphatic heterocycles. The van der Waals surface area contributed by atoms with Crippen LogP contribution in [0.2, 0.25) is 0 Å². The molecule has 254 valence electrons. The lowest BCUT2D eigenvalue weighted by molar-refractivity contribution is -0.153. The first kappa shape index (κ1) is 33.7. The molecule has 0 aliphatic carbocycles. The van der Waals surface area contributed by atoms with Crippen LogP contribution in [-0.2, 0) is 24.4 Å². The minimum absolute atomic E-state index is 0.0447. The van der Waals surface area contributed by atoms with Gasteiger partial charge in [-0.2, -0.15) is 13.2 Å². The Balaban J connectivity index is 1.05. The molecular weight excluding hydrogens is 661 g/mol. The van der Waals surface area contributed by atoms with E-state index in [2.05, 4.69) is 9.88 Å². The molecule has 3 aromatic carbocycles. The van der Waals surface area contributed by atoms with Crippen molar-refractivity contribution in [1.29, 1.82) is 0 Å². The maximum atomic E-state index is 13.5. The number of aromatic nitrogens is 2. The van der Waals surface area contributed by atoms with Crippen LogP contribution in [-0.4, -0.2) is 79.5 Å². The summed E-state index contributed by atoms with van der Waals surface area (Å²) in [4.78, 5) is 33.8. The summed E-state index contributed by atoms with van der Waals surface area (Å²) in [5.41, 5.74) is 2.31. The Morgan fingerprint density at radius 2 is 1.63 bits per heavy atom. The standard InChI is InChI=1S/C35H31F3N4O6S/c1-40-30-19-27(48-32-12-11-29(20-39-32)49(46)28-4-2-3-25(17-28)34(44)45)10-7-24(30)18-31(40)33(43)42-15-13-41(14-16-42)21-23-5-8-26(9-6-23)47-22-35(36,37)38/h2-12,17-20H,13-16,21-22H2,1H3,(H,44,45). The number of fused-ring (bicyclic) bond motifs is 1. The number of carboxylic acids is 1. The number of hydrogen-bond donors (Lipinski definition) is 1. The zero-order valence-electron chi connectivity index (χ0n) is 26.2. The highest BCUT2D eigenvalue weighted by molar-refractivity contribution is 7.85. The topological polar surface area (TPSA) is 114 Å². The van der Waals surface area contributed by atoms with Crippen LogP contribution in [0.4, 0.5) is 13.2 Å². The highest BCUT2D eigenvalue weighted by Gasteiger charge is 2.28. The fourth-order valence-electron chi connectivity index (χ4n) is 5.50. The SMILES string of the molecule is Cn1c(C(=O)N2CCN(Cc3ccc(OCC(F)(F)F)cc3)CC2)cc2ccc(Oc3ccc(S(=O)c4cccc(C(=O)O)c4)cn3)cc21. The highest BCUT2D eigenvalue weighted by Crippen LogP contribution is 2.28. The van der Waals surface area contributed by atoms with Gasteiger partial charge < -0.3 is 24.0 Å². The molecule has 0 spiro atoms. The van der Waals surface area contributed by atoms with E-state index in [-0.39, 0.29) is 23.1 Å².